The number of rotatable bonds is 2. The topological polar surface area (TPSA) is 72.1 Å². The molecule has 0 aromatic carbocycles. The van der Waals surface area contributed by atoms with Gasteiger partial charge in [-0.25, -0.2) is 0 Å². The van der Waals surface area contributed by atoms with Gasteiger partial charge in [0.05, 0.1) is 6.54 Å². The molecule has 16 heavy (non-hydrogen) atoms. The van der Waals surface area contributed by atoms with Crippen molar-refractivity contribution < 1.29 is 4.79 Å². The van der Waals surface area contributed by atoms with Gasteiger partial charge in [0.25, 0.3) is 0 Å². The molecule has 1 aromatic rings. The molecule has 88 valence electrons. The molecule has 0 atom stereocenters. The van der Waals surface area contributed by atoms with Crippen LogP contribution in [0.25, 0.3) is 0 Å². The number of aromatic nitrogens is 2. The number of nitrogens with zero attached hydrogens (tertiary/aromatic N) is 3. The lowest BCUT2D eigenvalue weighted by Gasteiger charge is -2.23. The molecule has 1 aliphatic rings. The van der Waals surface area contributed by atoms with Crippen molar-refractivity contribution in [1.82, 2.24) is 15.1 Å². The Labute approximate surface area is 98.7 Å². The van der Waals surface area contributed by atoms with E-state index in [9.17, 15) is 4.79 Å². The molecule has 0 unspecified atom stereocenters. The molecule has 0 aliphatic carbocycles. The predicted molar refractivity (Wildman–Crippen MR) is 62.8 cm³/mol. The predicted octanol–water partition coefficient (Wildman–Crippen LogP) is 1.41. The first-order valence-corrected chi connectivity index (χ1v) is 6.43. The van der Waals surface area contributed by atoms with Crippen LogP contribution in [0.2, 0.25) is 0 Å². The van der Waals surface area contributed by atoms with Gasteiger partial charge in [-0.2, -0.15) is 0 Å². The van der Waals surface area contributed by atoms with Crippen LogP contribution in [0.3, 0.4) is 0 Å². The molecule has 0 saturated carbocycles. The molecule has 0 radical (unpaired) electrons. The van der Waals surface area contributed by atoms with Crippen molar-refractivity contribution in [3.8, 4) is 0 Å². The average Bonchev–Trinajstić information content (AvgIpc) is 2.64. The number of likely N-dealkylation sites (tertiary alicyclic amines) is 1. The van der Waals surface area contributed by atoms with Gasteiger partial charge in [-0.1, -0.05) is 24.2 Å². The molecular weight excluding hydrogens is 224 g/mol. The fourth-order valence-corrected chi connectivity index (χ4v) is 2.50. The lowest BCUT2D eigenvalue weighted by Crippen LogP contribution is -2.32. The molecule has 1 saturated heterocycles. The van der Waals surface area contributed by atoms with Crippen molar-refractivity contribution in [3.05, 3.63) is 5.01 Å². The molecule has 1 aliphatic heterocycles. The summed E-state index contributed by atoms with van der Waals surface area (Å²) in [5, 5.41) is 9.00. The summed E-state index contributed by atoms with van der Waals surface area (Å²) in [5.74, 6) is 0.230. The highest BCUT2D eigenvalue weighted by molar-refractivity contribution is 7.15. The van der Waals surface area contributed by atoms with Gasteiger partial charge in [0.15, 0.2) is 0 Å². The van der Waals surface area contributed by atoms with Gasteiger partial charge >= 0.3 is 0 Å². The van der Waals surface area contributed by atoms with Gasteiger partial charge in [-0.05, 0) is 12.8 Å². The first-order valence-electron chi connectivity index (χ1n) is 5.61. The van der Waals surface area contributed by atoms with E-state index in [1.54, 1.807) is 0 Å². The maximum absolute atomic E-state index is 11.8. The van der Waals surface area contributed by atoms with Crippen LogP contribution >= 0.6 is 11.3 Å². The minimum absolute atomic E-state index is 0.230. The number of carbonyl (C=O) groups excluding carboxylic acids is 1. The summed E-state index contributed by atoms with van der Waals surface area (Å²) >= 11 is 1.36. The Morgan fingerprint density at radius 2 is 2.06 bits per heavy atom. The van der Waals surface area contributed by atoms with E-state index in [2.05, 4.69) is 10.2 Å². The van der Waals surface area contributed by atoms with E-state index in [1.165, 1.54) is 24.2 Å². The molecular formula is C10H16N4OS. The number of nitrogens with two attached hydrogens (primary N) is 1. The van der Waals surface area contributed by atoms with E-state index < -0.39 is 0 Å². The van der Waals surface area contributed by atoms with Crippen LogP contribution < -0.4 is 5.73 Å². The van der Waals surface area contributed by atoms with E-state index in [0.717, 1.165) is 24.4 Å². The zero-order valence-electron chi connectivity index (χ0n) is 9.19. The van der Waals surface area contributed by atoms with Gasteiger partial charge in [-0.3, -0.25) is 4.79 Å². The van der Waals surface area contributed by atoms with Crippen LogP contribution in [0.5, 0.6) is 0 Å². The molecule has 5 nitrogen and oxygen atoms in total. The maximum atomic E-state index is 11.8. The van der Waals surface area contributed by atoms with Gasteiger partial charge < -0.3 is 10.6 Å². The Bertz CT molecular complexity index is 365. The molecule has 0 bridgehead atoms. The highest BCUT2D eigenvalue weighted by atomic mass is 32.1. The molecule has 0 spiro atoms. The number of hydrogen-bond donors (Lipinski definition) is 1. The summed E-state index contributed by atoms with van der Waals surface area (Å²) < 4.78 is 0. The molecule has 6 heteroatoms. The normalized spacial score (nSPS) is 18.2. The minimum Gasteiger partial charge on any atom is -0.374 e. The van der Waals surface area contributed by atoms with Crippen LogP contribution in [-0.2, 0) is 11.3 Å². The average molecular weight is 240 g/mol. The Kier molecular flexibility index (Phi) is 3.71. The molecule has 2 heterocycles. The van der Waals surface area contributed by atoms with E-state index in [-0.39, 0.29) is 5.91 Å². The van der Waals surface area contributed by atoms with Crippen molar-refractivity contribution in [2.45, 2.75) is 38.6 Å². The van der Waals surface area contributed by atoms with Crippen LogP contribution in [0, 0.1) is 0 Å². The van der Waals surface area contributed by atoms with Crippen LogP contribution in [0.15, 0.2) is 0 Å². The van der Waals surface area contributed by atoms with Crippen LogP contribution in [-0.4, -0.2) is 27.5 Å². The van der Waals surface area contributed by atoms with E-state index >= 15 is 0 Å². The van der Waals surface area contributed by atoms with Crippen LogP contribution in [0.4, 0.5) is 5.13 Å². The highest BCUT2D eigenvalue weighted by Gasteiger charge is 2.17. The van der Waals surface area contributed by atoms with Crippen molar-refractivity contribution in [2.75, 3.05) is 12.3 Å². The first kappa shape index (κ1) is 11.3. The zero-order chi connectivity index (χ0) is 11.4. The van der Waals surface area contributed by atoms with Crippen molar-refractivity contribution in [2.24, 2.45) is 0 Å². The van der Waals surface area contributed by atoms with Gasteiger partial charge in [0.1, 0.15) is 5.01 Å². The number of carbonyl (C=O) groups is 1. The SMILES string of the molecule is Nc1nnc(CN2CCCCCCC2=O)s1. The molecule has 1 amide bonds. The van der Waals surface area contributed by atoms with E-state index in [1.807, 2.05) is 4.90 Å². The fraction of sp³-hybridized carbons (Fsp3) is 0.700. The largest absolute Gasteiger partial charge is 0.374 e. The van der Waals surface area contributed by atoms with E-state index in [0.29, 0.717) is 18.1 Å². The molecule has 2 rings (SSSR count). The number of anilines is 1. The lowest BCUT2D eigenvalue weighted by atomic mass is 10.1. The molecule has 1 aromatic heterocycles. The Hall–Kier alpha value is -1.17. The third kappa shape index (κ3) is 2.91. The second kappa shape index (κ2) is 5.25. The number of amides is 1. The highest BCUT2D eigenvalue weighted by Crippen LogP contribution is 2.17. The second-order valence-electron chi connectivity index (χ2n) is 4.01. The summed E-state index contributed by atoms with van der Waals surface area (Å²) in [6, 6.07) is 0. The van der Waals surface area contributed by atoms with Gasteiger partial charge in [0.2, 0.25) is 11.0 Å². The molecule has 1 fully saturated rings. The van der Waals surface area contributed by atoms with Gasteiger partial charge in [0, 0.05) is 13.0 Å². The van der Waals surface area contributed by atoms with Crippen molar-refractivity contribution in [1.29, 1.82) is 0 Å². The summed E-state index contributed by atoms with van der Waals surface area (Å²) in [5.41, 5.74) is 5.52. The third-order valence-electron chi connectivity index (χ3n) is 2.73. The number of nitrogen functional groups attached to an aromatic ring is 1. The number of hydrogen-bond acceptors (Lipinski definition) is 5. The minimum atomic E-state index is 0.230. The second-order valence-corrected chi connectivity index (χ2v) is 5.11. The summed E-state index contributed by atoms with van der Waals surface area (Å²) in [4.78, 5) is 13.7. The zero-order valence-corrected chi connectivity index (χ0v) is 10.0. The smallest absolute Gasteiger partial charge is 0.222 e. The Morgan fingerprint density at radius 3 is 2.81 bits per heavy atom. The van der Waals surface area contributed by atoms with E-state index in [4.69, 9.17) is 5.73 Å². The molecule has 2 N–H and O–H groups in total. The van der Waals surface area contributed by atoms with Crippen molar-refractivity contribution in [3.63, 3.8) is 0 Å². The third-order valence-corrected chi connectivity index (χ3v) is 3.47. The fourth-order valence-electron chi connectivity index (χ4n) is 1.88. The van der Waals surface area contributed by atoms with Gasteiger partial charge in [-0.15, -0.1) is 10.2 Å². The first-order chi connectivity index (χ1) is 7.75. The summed E-state index contributed by atoms with van der Waals surface area (Å²) in [7, 11) is 0. The monoisotopic (exact) mass is 240 g/mol. The maximum Gasteiger partial charge on any atom is 0.222 e. The Morgan fingerprint density at radius 1 is 1.25 bits per heavy atom. The quantitative estimate of drug-likeness (QED) is 0.848. The Balaban J connectivity index is 1.97. The summed E-state index contributed by atoms with van der Waals surface area (Å²) in [6.07, 6.45) is 5.13. The standard InChI is InChI=1S/C10H16N4OS/c11-10-13-12-8(16-10)7-14-6-4-2-1-3-5-9(14)15/h1-7H2,(H2,11,13). The van der Waals surface area contributed by atoms with Crippen LogP contribution in [0.1, 0.15) is 37.1 Å². The lowest BCUT2D eigenvalue weighted by molar-refractivity contribution is -0.132. The summed E-state index contributed by atoms with van der Waals surface area (Å²) in [6.45, 7) is 1.39. The van der Waals surface area contributed by atoms with Crippen molar-refractivity contribution >= 4 is 22.4 Å².